The summed E-state index contributed by atoms with van der Waals surface area (Å²) in [5, 5.41) is 9.38. The predicted octanol–water partition coefficient (Wildman–Crippen LogP) is 0.613. The smallest absolute Gasteiger partial charge is 0.255 e. The molecule has 5 nitrogen and oxygen atoms in total. The molecule has 1 aromatic rings. The Morgan fingerprint density at radius 1 is 1.50 bits per heavy atom. The number of primary amides is 1. The van der Waals surface area contributed by atoms with Crippen molar-refractivity contribution in [3.8, 4) is 11.5 Å². The number of rotatable bonds is 5. The number of aliphatic hydroxyl groups excluding tert-OH is 1. The molecule has 3 N–H and O–H groups in total. The van der Waals surface area contributed by atoms with Crippen molar-refractivity contribution in [3.63, 3.8) is 0 Å². The van der Waals surface area contributed by atoms with E-state index in [0.717, 1.165) is 0 Å². The van der Waals surface area contributed by atoms with Crippen molar-refractivity contribution in [2.75, 3.05) is 13.7 Å². The van der Waals surface area contributed by atoms with Crippen LogP contribution in [-0.2, 0) is 4.79 Å². The largest absolute Gasteiger partial charge is 0.493 e. The lowest BCUT2D eigenvalue weighted by molar-refractivity contribution is -0.119. The number of amides is 1. The lowest BCUT2D eigenvalue weighted by Gasteiger charge is -2.12. The van der Waals surface area contributed by atoms with Gasteiger partial charge < -0.3 is 20.3 Å². The van der Waals surface area contributed by atoms with Gasteiger partial charge in [-0.2, -0.15) is 0 Å². The monoisotopic (exact) mass is 225 g/mol. The van der Waals surface area contributed by atoms with E-state index in [4.69, 9.17) is 15.2 Å². The van der Waals surface area contributed by atoms with E-state index in [0.29, 0.717) is 17.1 Å². The third-order valence-corrected chi connectivity index (χ3v) is 2.04. The first-order valence-corrected chi connectivity index (χ1v) is 4.81. The molecule has 0 heterocycles. The van der Waals surface area contributed by atoms with E-state index in [2.05, 4.69) is 0 Å². The molecule has 88 valence electrons. The molecule has 0 unspecified atom stereocenters. The summed E-state index contributed by atoms with van der Waals surface area (Å²) >= 11 is 0. The lowest BCUT2D eigenvalue weighted by Crippen LogP contribution is -2.20. The number of methoxy groups -OCH3 is 1. The van der Waals surface area contributed by atoms with E-state index in [-0.39, 0.29) is 6.61 Å². The topological polar surface area (TPSA) is 81.8 Å². The van der Waals surface area contributed by atoms with Gasteiger partial charge in [0, 0.05) is 0 Å². The van der Waals surface area contributed by atoms with Crippen LogP contribution in [0.15, 0.2) is 18.2 Å². The van der Waals surface area contributed by atoms with Crippen molar-refractivity contribution in [1.29, 1.82) is 0 Å². The Hall–Kier alpha value is -1.75. The van der Waals surface area contributed by atoms with Gasteiger partial charge in [0.2, 0.25) is 0 Å². The fourth-order valence-corrected chi connectivity index (χ4v) is 1.21. The lowest BCUT2D eigenvalue weighted by atomic mass is 10.1. The van der Waals surface area contributed by atoms with Crippen LogP contribution < -0.4 is 15.2 Å². The second-order valence-electron chi connectivity index (χ2n) is 3.34. The summed E-state index contributed by atoms with van der Waals surface area (Å²) in [7, 11) is 1.48. The molecule has 0 aromatic heterocycles. The minimum atomic E-state index is -0.584. The van der Waals surface area contributed by atoms with E-state index in [1.807, 2.05) is 0 Å². The summed E-state index contributed by atoms with van der Waals surface area (Å²) in [6.07, 6.45) is -0.584. The van der Waals surface area contributed by atoms with E-state index >= 15 is 0 Å². The molecule has 0 saturated carbocycles. The Bertz CT molecular complexity index is 376. The molecule has 1 amide bonds. The van der Waals surface area contributed by atoms with Crippen molar-refractivity contribution < 1.29 is 19.4 Å². The Morgan fingerprint density at radius 2 is 2.19 bits per heavy atom. The van der Waals surface area contributed by atoms with Crippen LogP contribution in [0.5, 0.6) is 11.5 Å². The van der Waals surface area contributed by atoms with Gasteiger partial charge in [-0.15, -0.1) is 0 Å². The first-order chi connectivity index (χ1) is 7.54. The first-order valence-electron chi connectivity index (χ1n) is 4.81. The maximum Gasteiger partial charge on any atom is 0.255 e. The number of aliphatic hydroxyl groups is 1. The number of carbonyl (C=O) groups excluding carboxylic acids is 1. The molecule has 5 heteroatoms. The number of benzene rings is 1. The highest BCUT2D eigenvalue weighted by Gasteiger charge is 2.09. The van der Waals surface area contributed by atoms with Crippen LogP contribution in [-0.4, -0.2) is 24.7 Å². The zero-order valence-electron chi connectivity index (χ0n) is 9.27. The molecule has 0 saturated heterocycles. The molecule has 0 aliphatic heterocycles. The SMILES string of the molecule is COc1cc([C@@H](C)O)ccc1OCC(N)=O. The average molecular weight is 225 g/mol. The fraction of sp³-hybridized carbons (Fsp3) is 0.364. The van der Waals surface area contributed by atoms with Crippen LogP contribution in [0, 0.1) is 0 Å². The van der Waals surface area contributed by atoms with Gasteiger partial charge in [-0.05, 0) is 24.6 Å². The maximum absolute atomic E-state index is 10.6. The highest BCUT2D eigenvalue weighted by molar-refractivity contribution is 5.75. The fourth-order valence-electron chi connectivity index (χ4n) is 1.21. The van der Waals surface area contributed by atoms with Gasteiger partial charge in [0.25, 0.3) is 5.91 Å². The van der Waals surface area contributed by atoms with Crippen LogP contribution in [0.2, 0.25) is 0 Å². The minimum Gasteiger partial charge on any atom is -0.493 e. The van der Waals surface area contributed by atoms with Crippen molar-refractivity contribution in [1.82, 2.24) is 0 Å². The van der Waals surface area contributed by atoms with Crippen molar-refractivity contribution in [2.45, 2.75) is 13.0 Å². The van der Waals surface area contributed by atoms with Gasteiger partial charge in [-0.1, -0.05) is 6.07 Å². The van der Waals surface area contributed by atoms with Crippen molar-refractivity contribution in [3.05, 3.63) is 23.8 Å². The summed E-state index contributed by atoms with van der Waals surface area (Å²) in [5.74, 6) is 0.326. The van der Waals surface area contributed by atoms with Gasteiger partial charge in [0.15, 0.2) is 18.1 Å². The van der Waals surface area contributed by atoms with Crippen molar-refractivity contribution >= 4 is 5.91 Å². The molecule has 16 heavy (non-hydrogen) atoms. The zero-order chi connectivity index (χ0) is 12.1. The molecular formula is C11H15NO4. The van der Waals surface area contributed by atoms with E-state index in [1.54, 1.807) is 25.1 Å². The number of hydrogen-bond acceptors (Lipinski definition) is 4. The normalized spacial score (nSPS) is 11.9. The molecule has 1 atom stereocenters. The highest BCUT2D eigenvalue weighted by atomic mass is 16.5. The quantitative estimate of drug-likeness (QED) is 0.769. The Kier molecular flexibility index (Phi) is 4.13. The van der Waals surface area contributed by atoms with Gasteiger partial charge in [0.1, 0.15) is 0 Å². The Morgan fingerprint density at radius 3 is 2.69 bits per heavy atom. The molecule has 0 aliphatic carbocycles. The zero-order valence-corrected chi connectivity index (χ0v) is 9.27. The predicted molar refractivity (Wildman–Crippen MR) is 58.3 cm³/mol. The third kappa shape index (κ3) is 3.13. The molecule has 0 bridgehead atoms. The first kappa shape index (κ1) is 12.3. The van der Waals surface area contributed by atoms with Crippen LogP contribution in [0.3, 0.4) is 0 Å². The molecule has 0 aliphatic rings. The van der Waals surface area contributed by atoms with Gasteiger partial charge in [-0.3, -0.25) is 4.79 Å². The number of carbonyl (C=O) groups is 1. The third-order valence-electron chi connectivity index (χ3n) is 2.04. The van der Waals surface area contributed by atoms with E-state index in [9.17, 15) is 9.90 Å². The molecule has 1 aromatic carbocycles. The van der Waals surface area contributed by atoms with Gasteiger partial charge in [-0.25, -0.2) is 0 Å². The second-order valence-corrected chi connectivity index (χ2v) is 3.34. The summed E-state index contributed by atoms with van der Waals surface area (Å²) in [6, 6.07) is 4.98. The number of hydrogen-bond donors (Lipinski definition) is 2. The average Bonchev–Trinajstić information content (AvgIpc) is 2.25. The maximum atomic E-state index is 10.6. The van der Waals surface area contributed by atoms with Crippen LogP contribution in [0.1, 0.15) is 18.6 Å². The summed E-state index contributed by atoms with van der Waals surface area (Å²) < 4.78 is 10.2. The standard InChI is InChI=1S/C11H15NO4/c1-7(13)8-3-4-9(10(5-8)15-2)16-6-11(12)14/h3-5,7,13H,6H2,1-2H3,(H2,12,14)/t7-/m1/s1. The van der Waals surface area contributed by atoms with Gasteiger partial charge in [0.05, 0.1) is 13.2 Å². The number of ether oxygens (including phenoxy) is 2. The van der Waals surface area contributed by atoms with E-state index in [1.165, 1.54) is 7.11 Å². The summed E-state index contributed by atoms with van der Waals surface area (Å²) in [4.78, 5) is 10.6. The minimum absolute atomic E-state index is 0.204. The van der Waals surface area contributed by atoms with Gasteiger partial charge >= 0.3 is 0 Å². The molecule has 0 spiro atoms. The Balaban J connectivity index is 2.88. The number of nitrogens with two attached hydrogens (primary N) is 1. The van der Waals surface area contributed by atoms with Crippen molar-refractivity contribution in [2.24, 2.45) is 5.73 Å². The molecular weight excluding hydrogens is 210 g/mol. The second kappa shape index (κ2) is 5.37. The molecule has 1 rings (SSSR count). The summed E-state index contributed by atoms with van der Waals surface area (Å²) in [5.41, 5.74) is 5.68. The van der Waals surface area contributed by atoms with E-state index < -0.39 is 12.0 Å². The Labute approximate surface area is 93.8 Å². The highest BCUT2D eigenvalue weighted by Crippen LogP contribution is 2.30. The molecule has 0 fully saturated rings. The van der Waals surface area contributed by atoms with Crippen LogP contribution >= 0.6 is 0 Å². The summed E-state index contributed by atoms with van der Waals surface area (Å²) in [6.45, 7) is 1.45. The van der Waals surface area contributed by atoms with Crippen LogP contribution in [0.25, 0.3) is 0 Å². The molecule has 0 radical (unpaired) electrons. The van der Waals surface area contributed by atoms with Crippen LogP contribution in [0.4, 0.5) is 0 Å².